The van der Waals surface area contributed by atoms with Crippen LogP contribution in [-0.2, 0) is 0 Å². The number of furan rings is 1. The minimum Gasteiger partial charge on any atom is -0.454 e. The third-order valence-electron chi connectivity index (χ3n) is 11.2. The number of rotatable bonds is 4. The molecule has 0 N–H and O–H groups in total. The quantitative estimate of drug-likeness (QED) is 0.170. The summed E-state index contributed by atoms with van der Waals surface area (Å²) in [4.78, 5) is 15.7. The van der Waals surface area contributed by atoms with Gasteiger partial charge in [-0.2, -0.15) is 9.97 Å². The van der Waals surface area contributed by atoms with Crippen LogP contribution in [0.25, 0.3) is 116 Å². The maximum absolute atomic E-state index is 7.02. The van der Waals surface area contributed by atoms with Crippen molar-refractivity contribution >= 4 is 76.1 Å². The van der Waals surface area contributed by atoms with Crippen molar-refractivity contribution in [3.05, 3.63) is 182 Å². The molecule has 0 saturated heterocycles. The highest BCUT2D eigenvalue weighted by Crippen LogP contribution is 2.50. The zero-order valence-electron chi connectivity index (χ0n) is 30.0. The molecule has 3 aromatic heterocycles. The van der Waals surface area contributed by atoms with E-state index in [2.05, 4.69) is 156 Å². The molecule has 260 valence electrons. The lowest BCUT2D eigenvalue weighted by atomic mass is 9.89. The average molecular weight is 715 g/mol. The smallest absolute Gasteiger partial charge is 0.238 e. The van der Waals surface area contributed by atoms with Crippen molar-refractivity contribution in [1.29, 1.82) is 0 Å². The third-order valence-corrected chi connectivity index (χ3v) is 11.2. The molecule has 0 aliphatic rings. The Morgan fingerprint density at radius 1 is 0.339 bits per heavy atom. The largest absolute Gasteiger partial charge is 0.454 e. The van der Waals surface area contributed by atoms with E-state index < -0.39 is 0 Å². The highest BCUT2D eigenvalue weighted by Gasteiger charge is 2.27. The fraction of sp³-hybridized carbons (Fsp3) is 0. The third kappa shape index (κ3) is 4.46. The Bertz CT molecular complexity index is 3510. The number of hydrogen-bond acceptors (Lipinski definition) is 4. The Balaban J connectivity index is 1.26. The lowest BCUT2D eigenvalue weighted by Crippen LogP contribution is -2.06. The van der Waals surface area contributed by atoms with Crippen LogP contribution in [-0.4, -0.2) is 19.5 Å². The van der Waals surface area contributed by atoms with Crippen molar-refractivity contribution in [1.82, 2.24) is 19.5 Å². The molecule has 12 rings (SSSR count). The van der Waals surface area contributed by atoms with E-state index in [4.69, 9.17) is 19.4 Å². The summed E-state index contributed by atoms with van der Waals surface area (Å²) in [5.74, 6) is 1.72. The Hall–Kier alpha value is -7.63. The first-order chi connectivity index (χ1) is 27.8. The number of aromatic nitrogens is 4. The van der Waals surface area contributed by atoms with Crippen molar-refractivity contribution in [3.8, 4) is 39.9 Å². The lowest BCUT2D eigenvalue weighted by molar-refractivity contribution is 0.671. The molecule has 0 unspecified atom stereocenters. The molecular weight excluding hydrogens is 685 g/mol. The highest BCUT2D eigenvalue weighted by molar-refractivity contribution is 6.44. The molecule has 0 fully saturated rings. The molecule has 0 spiro atoms. The summed E-state index contributed by atoms with van der Waals surface area (Å²) in [6.07, 6.45) is 0. The van der Waals surface area contributed by atoms with Crippen molar-refractivity contribution in [2.45, 2.75) is 0 Å². The first-order valence-electron chi connectivity index (χ1n) is 18.9. The van der Waals surface area contributed by atoms with Gasteiger partial charge in [0.2, 0.25) is 5.95 Å². The predicted molar refractivity (Wildman–Crippen MR) is 230 cm³/mol. The first-order valence-corrected chi connectivity index (χ1v) is 18.9. The van der Waals surface area contributed by atoms with E-state index >= 15 is 0 Å². The molecule has 0 saturated carbocycles. The monoisotopic (exact) mass is 714 g/mol. The van der Waals surface area contributed by atoms with Gasteiger partial charge in [-0.15, -0.1) is 0 Å². The SMILES string of the molecule is c1ccc(-c2ccc(-c3nc(-c4ccccc4)nc(-n4c5ccccc5c5c6c7ccccc7c7ccccc7c6c6c7ccccc7oc6c54)n3)cc2)cc1. The molecule has 0 aliphatic carbocycles. The van der Waals surface area contributed by atoms with Crippen LogP contribution in [0, 0.1) is 0 Å². The van der Waals surface area contributed by atoms with Crippen LogP contribution in [0.1, 0.15) is 0 Å². The van der Waals surface area contributed by atoms with Gasteiger partial charge in [-0.3, -0.25) is 4.57 Å². The summed E-state index contributed by atoms with van der Waals surface area (Å²) in [6.45, 7) is 0. The molecule has 0 bridgehead atoms. The average Bonchev–Trinajstić information content (AvgIpc) is 3.84. The van der Waals surface area contributed by atoms with Crippen LogP contribution in [0.15, 0.2) is 186 Å². The Morgan fingerprint density at radius 3 is 1.46 bits per heavy atom. The van der Waals surface area contributed by atoms with Gasteiger partial charge in [0, 0.05) is 43.4 Å². The summed E-state index contributed by atoms with van der Waals surface area (Å²) >= 11 is 0. The molecule has 3 heterocycles. The van der Waals surface area contributed by atoms with Gasteiger partial charge >= 0.3 is 0 Å². The second-order valence-corrected chi connectivity index (χ2v) is 14.3. The molecule has 0 amide bonds. The first kappa shape index (κ1) is 30.8. The van der Waals surface area contributed by atoms with E-state index in [-0.39, 0.29) is 0 Å². The van der Waals surface area contributed by atoms with Gasteiger partial charge in [-0.05, 0) is 44.8 Å². The topological polar surface area (TPSA) is 56.7 Å². The Kier molecular flexibility index (Phi) is 6.56. The summed E-state index contributed by atoms with van der Waals surface area (Å²) in [7, 11) is 0. The lowest BCUT2D eigenvalue weighted by Gasteiger charge is -2.14. The van der Waals surface area contributed by atoms with Crippen molar-refractivity contribution in [2.75, 3.05) is 0 Å². The second-order valence-electron chi connectivity index (χ2n) is 14.3. The molecule has 56 heavy (non-hydrogen) atoms. The number of nitrogens with zero attached hydrogens (tertiary/aromatic N) is 4. The van der Waals surface area contributed by atoms with Crippen LogP contribution in [0.2, 0.25) is 0 Å². The molecule has 9 aromatic carbocycles. The fourth-order valence-corrected chi connectivity index (χ4v) is 8.79. The van der Waals surface area contributed by atoms with E-state index in [1.54, 1.807) is 0 Å². The van der Waals surface area contributed by atoms with Gasteiger partial charge in [0.1, 0.15) is 11.1 Å². The predicted octanol–water partition coefficient (Wildman–Crippen LogP) is 13.3. The number of hydrogen-bond donors (Lipinski definition) is 0. The summed E-state index contributed by atoms with van der Waals surface area (Å²) in [5, 5.41) is 11.6. The fourth-order valence-electron chi connectivity index (χ4n) is 8.79. The van der Waals surface area contributed by atoms with E-state index in [9.17, 15) is 0 Å². The van der Waals surface area contributed by atoms with Gasteiger partial charge in [0.25, 0.3) is 0 Å². The zero-order chi connectivity index (χ0) is 36.7. The molecule has 0 aliphatic heterocycles. The molecule has 5 heteroatoms. The molecule has 0 atom stereocenters. The van der Waals surface area contributed by atoms with Gasteiger partial charge in [-0.25, -0.2) is 4.98 Å². The summed E-state index contributed by atoms with van der Waals surface area (Å²) < 4.78 is 9.22. The van der Waals surface area contributed by atoms with Crippen LogP contribution in [0.5, 0.6) is 0 Å². The van der Waals surface area contributed by atoms with Crippen molar-refractivity contribution in [3.63, 3.8) is 0 Å². The van der Waals surface area contributed by atoms with Gasteiger partial charge in [0.15, 0.2) is 17.2 Å². The number of para-hydroxylation sites is 2. The summed E-state index contributed by atoms with van der Waals surface area (Å²) in [5.41, 5.74) is 7.68. The van der Waals surface area contributed by atoms with Gasteiger partial charge in [-0.1, -0.05) is 170 Å². The van der Waals surface area contributed by atoms with Crippen LogP contribution in [0.3, 0.4) is 0 Å². The van der Waals surface area contributed by atoms with E-state index in [0.717, 1.165) is 66.0 Å². The Morgan fingerprint density at radius 2 is 0.804 bits per heavy atom. The number of fused-ring (bicyclic) bond motifs is 15. The molecule has 12 aromatic rings. The van der Waals surface area contributed by atoms with E-state index in [1.807, 2.05) is 30.3 Å². The minimum atomic E-state index is 0.526. The standard InChI is InChI=1S/C51H30N4O/c1-3-15-31(16-4-1)32-27-29-34(30-28-32)50-52-49(33-17-5-2-6-18-33)53-51(54-50)55-41-25-13-11-23-39(41)45-43-37-21-9-7-19-35(37)36-20-8-10-22-38(36)44(43)46-40-24-12-14-26-42(40)56-48(46)47(45)55/h1-30H. The minimum absolute atomic E-state index is 0.526. The van der Waals surface area contributed by atoms with Crippen molar-refractivity contribution < 1.29 is 4.42 Å². The Labute approximate surface area is 320 Å². The van der Waals surface area contributed by atoms with Gasteiger partial charge in [0.05, 0.1) is 5.52 Å². The maximum Gasteiger partial charge on any atom is 0.238 e. The molecule has 0 radical (unpaired) electrons. The van der Waals surface area contributed by atoms with Crippen LogP contribution in [0.4, 0.5) is 0 Å². The highest BCUT2D eigenvalue weighted by atomic mass is 16.3. The number of benzene rings is 9. The van der Waals surface area contributed by atoms with E-state index in [0.29, 0.717) is 17.6 Å². The molecule has 5 nitrogen and oxygen atoms in total. The van der Waals surface area contributed by atoms with Crippen molar-refractivity contribution in [2.24, 2.45) is 0 Å². The maximum atomic E-state index is 7.02. The van der Waals surface area contributed by atoms with Crippen LogP contribution < -0.4 is 0 Å². The second kappa shape index (κ2) is 11.9. The van der Waals surface area contributed by atoms with E-state index in [1.165, 1.54) is 32.3 Å². The summed E-state index contributed by atoms with van der Waals surface area (Å²) in [6, 6.07) is 63.6. The van der Waals surface area contributed by atoms with Gasteiger partial charge < -0.3 is 4.42 Å². The molecular formula is C51H30N4O. The zero-order valence-corrected chi connectivity index (χ0v) is 30.0. The normalized spacial score (nSPS) is 11.9. The van der Waals surface area contributed by atoms with Crippen LogP contribution >= 0.6 is 0 Å².